The Morgan fingerprint density at radius 3 is 2.12 bits per heavy atom. The number of sulfonamides is 2. The Bertz CT molecular complexity index is 1180. The quantitative estimate of drug-likeness (QED) is 0.613. The molecule has 0 radical (unpaired) electrons. The monoisotopic (exact) mass is 497 g/mol. The van der Waals surface area contributed by atoms with E-state index >= 15 is 0 Å². The number of ether oxygens (including phenoxy) is 1. The average Bonchev–Trinajstić information content (AvgIpc) is 3.35. The Kier molecular flexibility index (Phi) is 7.19. The standard InChI is InChI=1S/C21H27N3O7S2/c25-21(19-8-9-20(31-19)33(28,29)23-10-2-1-3-11-23)22-16-17-4-6-18(7-5-17)32(26,27)24-12-14-30-15-13-24/h4-9H,1-3,10-16H2,(H,22,25). The number of amides is 1. The van der Waals surface area contributed by atoms with Gasteiger partial charge in [-0.15, -0.1) is 0 Å². The van der Waals surface area contributed by atoms with Crippen molar-refractivity contribution in [2.24, 2.45) is 0 Å². The highest BCUT2D eigenvalue weighted by atomic mass is 32.2. The van der Waals surface area contributed by atoms with E-state index in [2.05, 4.69) is 5.32 Å². The number of morpholine rings is 1. The molecule has 4 rings (SSSR count). The number of rotatable bonds is 7. The van der Waals surface area contributed by atoms with Gasteiger partial charge in [0.25, 0.3) is 15.9 Å². The zero-order valence-corrected chi connectivity index (χ0v) is 19.7. The molecule has 2 saturated heterocycles. The Labute approximate surface area is 193 Å². The summed E-state index contributed by atoms with van der Waals surface area (Å²) in [6, 6.07) is 8.89. The van der Waals surface area contributed by atoms with Crippen molar-refractivity contribution in [3.05, 3.63) is 47.7 Å². The van der Waals surface area contributed by atoms with E-state index in [1.54, 1.807) is 12.1 Å². The van der Waals surface area contributed by atoms with Gasteiger partial charge in [0, 0.05) is 32.7 Å². The molecule has 2 aliphatic rings. The second kappa shape index (κ2) is 9.94. The zero-order valence-electron chi connectivity index (χ0n) is 18.1. The second-order valence-electron chi connectivity index (χ2n) is 7.93. The van der Waals surface area contributed by atoms with Crippen LogP contribution in [0.4, 0.5) is 0 Å². The maximum absolute atomic E-state index is 12.7. The summed E-state index contributed by atoms with van der Waals surface area (Å²) in [7, 11) is -7.34. The summed E-state index contributed by atoms with van der Waals surface area (Å²) >= 11 is 0. The van der Waals surface area contributed by atoms with Crippen molar-refractivity contribution in [3.63, 3.8) is 0 Å². The number of hydrogen-bond donors (Lipinski definition) is 1. The Morgan fingerprint density at radius 1 is 0.818 bits per heavy atom. The minimum Gasteiger partial charge on any atom is -0.438 e. The number of nitrogens with one attached hydrogen (secondary N) is 1. The molecular formula is C21H27N3O7S2. The Balaban J connectivity index is 1.36. The van der Waals surface area contributed by atoms with Crippen LogP contribution in [0.1, 0.15) is 35.4 Å². The number of benzene rings is 1. The van der Waals surface area contributed by atoms with Crippen LogP contribution in [-0.2, 0) is 31.3 Å². The topological polar surface area (TPSA) is 126 Å². The molecule has 1 N–H and O–H groups in total. The van der Waals surface area contributed by atoms with Crippen molar-refractivity contribution in [1.29, 1.82) is 0 Å². The summed E-state index contributed by atoms with van der Waals surface area (Å²) in [6.45, 7) is 2.40. The van der Waals surface area contributed by atoms with Gasteiger partial charge < -0.3 is 14.5 Å². The van der Waals surface area contributed by atoms with Gasteiger partial charge in [-0.05, 0) is 42.7 Å². The second-order valence-corrected chi connectivity index (χ2v) is 11.7. The van der Waals surface area contributed by atoms with E-state index in [1.165, 1.54) is 32.9 Å². The number of nitrogens with zero attached hydrogens (tertiary/aromatic N) is 2. The summed E-state index contributed by atoms with van der Waals surface area (Å²) in [5.41, 5.74) is 0.692. The number of piperidine rings is 1. The molecule has 0 spiro atoms. The molecule has 3 heterocycles. The molecule has 0 saturated carbocycles. The normalized spacial score (nSPS) is 18.8. The van der Waals surface area contributed by atoms with E-state index in [1.807, 2.05) is 0 Å². The van der Waals surface area contributed by atoms with Gasteiger partial charge in [-0.3, -0.25) is 4.79 Å². The molecule has 180 valence electrons. The highest BCUT2D eigenvalue weighted by molar-refractivity contribution is 7.89. The first-order valence-corrected chi connectivity index (χ1v) is 13.7. The van der Waals surface area contributed by atoms with Crippen LogP contribution in [0.15, 0.2) is 50.8 Å². The predicted molar refractivity (Wildman–Crippen MR) is 119 cm³/mol. The van der Waals surface area contributed by atoms with Gasteiger partial charge in [-0.1, -0.05) is 18.6 Å². The minimum atomic E-state index is -3.75. The smallest absolute Gasteiger partial charge is 0.287 e. The molecule has 2 aliphatic heterocycles. The van der Waals surface area contributed by atoms with Crippen LogP contribution in [0.3, 0.4) is 0 Å². The zero-order chi connectivity index (χ0) is 23.5. The average molecular weight is 498 g/mol. The Morgan fingerprint density at radius 2 is 1.45 bits per heavy atom. The molecule has 0 aliphatic carbocycles. The van der Waals surface area contributed by atoms with E-state index in [4.69, 9.17) is 9.15 Å². The first-order chi connectivity index (χ1) is 15.8. The fraction of sp³-hybridized carbons (Fsp3) is 0.476. The van der Waals surface area contributed by atoms with Crippen molar-refractivity contribution in [3.8, 4) is 0 Å². The molecule has 1 aromatic carbocycles. The molecule has 10 nitrogen and oxygen atoms in total. The molecule has 2 aromatic rings. The van der Waals surface area contributed by atoms with E-state index < -0.39 is 26.0 Å². The van der Waals surface area contributed by atoms with Crippen LogP contribution >= 0.6 is 0 Å². The number of furan rings is 1. The molecule has 12 heteroatoms. The van der Waals surface area contributed by atoms with Gasteiger partial charge in [0.05, 0.1) is 18.1 Å². The van der Waals surface area contributed by atoms with Crippen molar-refractivity contribution >= 4 is 26.0 Å². The van der Waals surface area contributed by atoms with E-state index in [0.717, 1.165) is 19.3 Å². The van der Waals surface area contributed by atoms with Gasteiger partial charge >= 0.3 is 0 Å². The Hall–Kier alpha value is -2.25. The van der Waals surface area contributed by atoms with Gasteiger partial charge in [-0.2, -0.15) is 8.61 Å². The van der Waals surface area contributed by atoms with E-state index in [9.17, 15) is 21.6 Å². The summed E-state index contributed by atoms with van der Waals surface area (Å²) in [5, 5.41) is 2.42. The lowest BCUT2D eigenvalue weighted by molar-refractivity contribution is 0.0730. The lowest BCUT2D eigenvalue weighted by Crippen LogP contribution is -2.40. The van der Waals surface area contributed by atoms with Crippen molar-refractivity contribution in [1.82, 2.24) is 13.9 Å². The van der Waals surface area contributed by atoms with Gasteiger partial charge in [0.15, 0.2) is 5.76 Å². The minimum absolute atomic E-state index is 0.0999. The summed E-state index contributed by atoms with van der Waals surface area (Å²) in [5.74, 6) is -0.655. The summed E-state index contributed by atoms with van der Waals surface area (Å²) < 4.78 is 64.0. The van der Waals surface area contributed by atoms with Crippen LogP contribution in [-0.4, -0.2) is 70.7 Å². The number of carbonyl (C=O) groups excluding carboxylic acids is 1. The lowest BCUT2D eigenvalue weighted by Gasteiger charge is -2.26. The van der Waals surface area contributed by atoms with Crippen LogP contribution < -0.4 is 5.32 Å². The van der Waals surface area contributed by atoms with E-state index in [-0.39, 0.29) is 22.3 Å². The van der Waals surface area contributed by atoms with Gasteiger partial charge in [0.1, 0.15) is 0 Å². The summed E-state index contributed by atoms with van der Waals surface area (Å²) in [6.07, 6.45) is 2.61. The molecular weight excluding hydrogens is 470 g/mol. The molecule has 2 fully saturated rings. The van der Waals surface area contributed by atoms with Gasteiger partial charge in [-0.25, -0.2) is 16.8 Å². The van der Waals surface area contributed by atoms with Crippen LogP contribution in [0.2, 0.25) is 0 Å². The maximum Gasteiger partial charge on any atom is 0.287 e. The van der Waals surface area contributed by atoms with E-state index in [0.29, 0.717) is 45.0 Å². The highest BCUT2D eigenvalue weighted by Crippen LogP contribution is 2.23. The third kappa shape index (κ3) is 5.30. The van der Waals surface area contributed by atoms with Crippen LogP contribution in [0.5, 0.6) is 0 Å². The highest BCUT2D eigenvalue weighted by Gasteiger charge is 2.30. The molecule has 0 atom stereocenters. The first kappa shape index (κ1) is 23.9. The van der Waals surface area contributed by atoms with Gasteiger partial charge in [0.2, 0.25) is 15.1 Å². The maximum atomic E-state index is 12.7. The van der Waals surface area contributed by atoms with Crippen molar-refractivity contribution in [2.45, 2.75) is 35.8 Å². The number of hydrogen-bond acceptors (Lipinski definition) is 7. The summed E-state index contributed by atoms with van der Waals surface area (Å²) in [4.78, 5) is 12.6. The largest absolute Gasteiger partial charge is 0.438 e. The fourth-order valence-corrected chi connectivity index (χ4v) is 6.63. The van der Waals surface area contributed by atoms with Crippen molar-refractivity contribution in [2.75, 3.05) is 39.4 Å². The predicted octanol–water partition coefficient (Wildman–Crippen LogP) is 1.41. The van der Waals surface area contributed by atoms with Crippen LogP contribution in [0.25, 0.3) is 0 Å². The molecule has 33 heavy (non-hydrogen) atoms. The third-order valence-electron chi connectivity index (χ3n) is 5.70. The first-order valence-electron chi connectivity index (χ1n) is 10.8. The number of carbonyl (C=O) groups is 1. The molecule has 0 bridgehead atoms. The fourth-order valence-electron chi connectivity index (χ4n) is 3.80. The van der Waals surface area contributed by atoms with Crippen molar-refractivity contribution < 1.29 is 30.8 Å². The molecule has 0 unspecified atom stereocenters. The lowest BCUT2D eigenvalue weighted by atomic mass is 10.2. The SMILES string of the molecule is O=C(NCc1ccc(S(=O)(=O)N2CCOCC2)cc1)c1ccc(S(=O)(=O)N2CCCCC2)o1. The molecule has 1 aromatic heterocycles. The third-order valence-corrected chi connectivity index (χ3v) is 9.38. The van der Waals surface area contributed by atoms with Crippen LogP contribution in [0, 0.1) is 0 Å². The molecule has 1 amide bonds.